The van der Waals surface area contributed by atoms with Crippen LogP contribution < -0.4 is 5.32 Å². The molecule has 0 aliphatic heterocycles. The Bertz CT molecular complexity index is 1290. The van der Waals surface area contributed by atoms with Crippen molar-refractivity contribution in [1.29, 1.82) is 5.26 Å². The smallest absolute Gasteiger partial charge is 0.256 e. The molecule has 0 unspecified atom stereocenters. The van der Waals surface area contributed by atoms with Crippen molar-refractivity contribution in [3.63, 3.8) is 0 Å². The number of anilines is 1. The van der Waals surface area contributed by atoms with Gasteiger partial charge in [-0.15, -0.1) is 0 Å². The van der Waals surface area contributed by atoms with E-state index < -0.39 is 0 Å². The van der Waals surface area contributed by atoms with Crippen LogP contribution in [0.15, 0.2) is 47.0 Å². The SMILES string of the molecule is Cc1cc(-c2cc(C(=O)Nc3ccc(C#N)cc3)c3cnn(C(C)C)c3n2)c(C)o1. The maximum Gasteiger partial charge on any atom is 0.256 e. The zero-order valence-corrected chi connectivity index (χ0v) is 17.2. The highest BCUT2D eigenvalue weighted by Gasteiger charge is 2.20. The van der Waals surface area contributed by atoms with E-state index in [1.807, 2.05) is 33.8 Å². The molecular weight excluding hydrogens is 378 g/mol. The minimum atomic E-state index is -0.269. The Morgan fingerprint density at radius 3 is 2.53 bits per heavy atom. The summed E-state index contributed by atoms with van der Waals surface area (Å²) in [5.74, 6) is 1.26. The van der Waals surface area contributed by atoms with Crippen molar-refractivity contribution in [1.82, 2.24) is 14.8 Å². The van der Waals surface area contributed by atoms with Crippen molar-refractivity contribution in [3.05, 3.63) is 65.2 Å². The lowest BCUT2D eigenvalue weighted by Crippen LogP contribution is -2.13. The summed E-state index contributed by atoms with van der Waals surface area (Å²) in [5.41, 5.74) is 3.76. The van der Waals surface area contributed by atoms with E-state index in [-0.39, 0.29) is 11.9 Å². The van der Waals surface area contributed by atoms with Gasteiger partial charge in [-0.2, -0.15) is 10.4 Å². The van der Waals surface area contributed by atoms with Crippen LogP contribution in [0.1, 0.15) is 47.3 Å². The van der Waals surface area contributed by atoms with E-state index in [0.717, 1.165) is 17.1 Å². The molecule has 0 atom stereocenters. The second kappa shape index (κ2) is 7.48. The minimum absolute atomic E-state index is 0.0897. The molecule has 150 valence electrons. The van der Waals surface area contributed by atoms with E-state index in [9.17, 15) is 4.79 Å². The summed E-state index contributed by atoms with van der Waals surface area (Å²) in [4.78, 5) is 18.0. The van der Waals surface area contributed by atoms with Gasteiger partial charge in [0.05, 0.1) is 34.5 Å². The number of carbonyl (C=O) groups is 1. The maximum absolute atomic E-state index is 13.2. The number of nitrogens with one attached hydrogen (secondary N) is 1. The first-order valence-corrected chi connectivity index (χ1v) is 9.64. The molecule has 4 aromatic rings. The number of amides is 1. The largest absolute Gasteiger partial charge is 0.466 e. The number of hydrogen-bond donors (Lipinski definition) is 1. The fourth-order valence-electron chi connectivity index (χ4n) is 3.43. The van der Waals surface area contributed by atoms with Crippen LogP contribution in [-0.4, -0.2) is 20.7 Å². The van der Waals surface area contributed by atoms with Gasteiger partial charge in [-0.3, -0.25) is 4.79 Å². The van der Waals surface area contributed by atoms with E-state index in [2.05, 4.69) is 16.5 Å². The highest BCUT2D eigenvalue weighted by atomic mass is 16.3. The van der Waals surface area contributed by atoms with Gasteiger partial charge >= 0.3 is 0 Å². The molecule has 0 saturated carbocycles. The number of aryl methyl sites for hydroxylation is 2. The standard InChI is InChI=1S/C23H21N5O2/c1-13(2)28-22-20(12-25-28)19(10-21(27-22)18-9-14(3)30-15(18)4)23(29)26-17-7-5-16(11-24)6-8-17/h5-10,12-13H,1-4H3,(H,26,29). The lowest BCUT2D eigenvalue weighted by atomic mass is 10.1. The number of furan rings is 1. The first-order valence-electron chi connectivity index (χ1n) is 9.64. The summed E-state index contributed by atoms with van der Waals surface area (Å²) in [6.07, 6.45) is 1.67. The number of carbonyl (C=O) groups excluding carboxylic acids is 1. The van der Waals surface area contributed by atoms with E-state index >= 15 is 0 Å². The summed E-state index contributed by atoms with van der Waals surface area (Å²) in [5, 5.41) is 17.0. The van der Waals surface area contributed by atoms with E-state index in [4.69, 9.17) is 14.7 Å². The van der Waals surface area contributed by atoms with Crippen LogP contribution in [0.3, 0.4) is 0 Å². The molecule has 0 aliphatic rings. The molecule has 4 rings (SSSR count). The first-order chi connectivity index (χ1) is 14.4. The van der Waals surface area contributed by atoms with Gasteiger partial charge in [-0.1, -0.05) is 0 Å². The topological polar surface area (TPSA) is 96.7 Å². The Kier molecular flexibility index (Phi) is 4.84. The highest BCUT2D eigenvalue weighted by molar-refractivity contribution is 6.12. The number of rotatable bonds is 4. The number of hydrogen-bond acceptors (Lipinski definition) is 5. The van der Waals surface area contributed by atoms with E-state index in [1.165, 1.54) is 0 Å². The van der Waals surface area contributed by atoms with Crippen LogP contribution in [0.2, 0.25) is 0 Å². The second-order valence-electron chi connectivity index (χ2n) is 7.45. The van der Waals surface area contributed by atoms with Gasteiger partial charge in [0, 0.05) is 17.3 Å². The Hall–Kier alpha value is -3.92. The third-order valence-corrected chi connectivity index (χ3v) is 4.89. The molecule has 0 saturated heterocycles. The van der Waals surface area contributed by atoms with Crippen LogP contribution >= 0.6 is 0 Å². The van der Waals surface area contributed by atoms with Gasteiger partial charge in [0.25, 0.3) is 5.91 Å². The van der Waals surface area contributed by atoms with Crippen molar-refractivity contribution >= 4 is 22.6 Å². The number of nitriles is 1. The van der Waals surface area contributed by atoms with Crippen LogP contribution in [-0.2, 0) is 0 Å². The van der Waals surface area contributed by atoms with Crippen molar-refractivity contribution < 1.29 is 9.21 Å². The van der Waals surface area contributed by atoms with Gasteiger partial charge in [0.1, 0.15) is 11.5 Å². The number of aromatic nitrogens is 3. The molecule has 3 aromatic heterocycles. The molecule has 1 amide bonds. The van der Waals surface area contributed by atoms with Crippen molar-refractivity contribution in [3.8, 4) is 17.3 Å². The molecule has 0 fully saturated rings. The van der Waals surface area contributed by atoms with Gasteiger partial charge in [-0.25, -0.2) is 9.67 Å². The molecule has 7 nitrogen and oxygen atoms in total. The lowest BCUT2D eigenvalue weighted by Gasteiger charge is -2.11. The van der Waals surface area contributed by atoms with Crippen LogP contribution in [0.5, 0.6) is 0 Å². The van der Waals surface area contributed by atoms with Crippen LogP contribution in [0, 0.1) is 25.2 Å². The summed E-state index contributed by atoms with van der Waals surface area (Å²) in [6, 6.07) is 12.6. The van der Waals surface area contributed by atoms with Gasteiger partial charge in [0.2, 0.25) is 0 Å². The van der Waals surface area contributed by atoms with Gasteiger partial charge in [0.15, 0.2) is 5.65 Å². The van der Waals surface area contributed by atoms with Crippen LogP contribution in [0.25, 0.3) is 22.3 Å². The van der Waals surface area contributed by atoms with Gasteiger partial charge in [-0.05, 0) is 64.1 Å². The normalized spacial score (nSPS) is 11.1. The monoisotopic (exact) mass is 399 g/mol. The van der Waals surface area contributed by atoms with Crippen molar-refractivity contribution in [2.24, 2.45) is 0 Å². The lowest BCUT2D eigenvalue weighted by molar-refractivity contribution is 0.102. The van der Waals surface area contributed by atoms with Gasteiger partial charge < -0.3 is 9.73 Å². The molecule has 0 spiro atoms. The Labute approximate surface area is 174 Å². The van der Waals surface area contributed by atoms with Crippen molar-refractivity contribution in [2.45, 2.75) is 33.7 Å². The quantitative estimate of drug-likeness (QED) is 0.520. The fourth-order valence-corrected chi connectivity index (χ4v) is 3.43. The maximum atomic E-state index is 13.2. The fraction of sp³-hybridized carbons (Fsp3) is 0.217. The Morgan fingerprint density at radius 2 is 1.93 bits per heavy atom. The first kappa shape index (κ1) is 19.4. The zero-order valence-electron chi connectivity index (χ0n) is 17.2. The highest BCUT2D eigenvalue weighted by Crippen LogP contribution is 2.30. The molecule has 1 N–H and O–H groups in total. The molecule has 3 heterocycles. The molecule has 0 aliphatic carbocycles. The average Bonchev–Trinajstić information content (AvgIpc) is 3.30. The number of fused-ring (bicyclic) bond motifs is 1. The van der Waals surface area contributed by atoms with E-state index in [1.54, 1.807) is 41.2 Å². The molecule has 0 bridgehead atoms. The number of pyridine rings is 1. The van der Waals surface area contributed by atoms with Crippen LogP contribution in [0.4, 0.5) is 5.69 Å². The second-order valence-corrected chi connectivity index (χ2v) is 7.45. The summed E-state index contributed by atoms with van der Waals surface area (Å²) in [7, 11) is 0. The Balaban J connectivity index is 1.83. The molecule has 30 heavy (non-hydrogen) atoms. The molecule has 7 heteroatoms. The molecule has 1 aromatic carbocycles. The summed E-state index contributed by atoms with van der Waals surface area (Å²) in [6.45, 7) is 7.80. The molecular formula is C23H21N5O2. The predicted molar refractivity (Wildman–Crippen MR) is 114 cm³/mol. The van der Waals surface area contributed by atoms with Crippen molar-refractivity contribution in [2.75, 3.05) is 5.32 Å². The summed E-state index contributed by atoms with van der Waals surface area (Å²) < 4.78 is 7.47. The number of nitrogens with zero attached hydrogens (tertiary/aromatic N) is 4. The zero-order chi connectivity index (χ0) is 21.4. The number of benzene rings is 1. The molecule has 0 radical (unpaired) electrons. The van der Waals surface area contributed by atoms with E-state index in [0.29, 0.717) is 33.5 Å². The predicted octanol–water partition coefficient (Wildman–Crippen LogP) is 5.01. The Morgan fingerprint density at radius 1 is 1.20 bits per heavy atom. The average molecular weight is 399 g/mol. The third-order valence-electron chi connectivity index (χ3n) is 4.89. The summed E-state index contributed by atoms with van der Waals surface area (Å²) >= 11 is 0. The minimum Gasteiger partial charge on any atom is -0.466 e. The third kappa shape index (κ3) is 3.44.